The van der Waals surface area contributed by atoms with Gasteiger partial charge in [0.2, 0.25) is 0 Å². The number of likely N-dealkylation sites (tertiary alicyclic amines) is 1. The maximum Gasteiger partial charge on any atom is 0.128 e. The van der Waals surface area contributed by atoms with Crippen molar-refractivity contribution in [2.45, 2.75) is 32.7 Å². The topological polar surface area (TPSA) is 31.4 Å². The Morgan fingerprint density at radius 2 is 2.14 bits per heavy atom. The number of piperidine rings is 1. The zero-order chi connectivity index (χ0) is 15.1. The first kappa shape index (κ1) is 16.2. The highest BCUT2D eigenvalue weighted by Crippen LogP contribution is 2.19. The zero-order valence-electron chi connectivity index (χ0n) is 13.8. The molecule has 4 heteroatoms. The summed E-state index contributed by atoms with van der Waals surface area (Å²) < 4.78 is 0. The van der Waals surface area contributed by atoms with E-state index in [9.17, 15) is 0 Å². The van der Waals surface area contributed by atoms with Crippen molar-refractivity contribution in [1.82, 2.24) is 15.2 Å². The maximum absolute atomic E-state index is 4.54. The van der Waals surface area contributed by atoms with Gasteiger partial charge in [-0.3, -0.25) is 0 Å². The first-order chi connectivity index (χ1) is 10.2. The van der Waals surface area contributed by atoms with Crippen LogP contribution in [0.2, 0.25) is 0 Å². The second-order valence-electron chi connectivity index (χ2n) is 6.33. The standard InChI is InChI=1S/C17H30N4/c1-4-8-18-13-16-5-9-19-17(12-16)21(3)14-15-6-10-20(2)11-7-15/h5,9,12,15,18H,4,6-8,10-11,13-14H2,1-3H3. The highest BCUT2D eigenvalue weighted by atomic mass is 15.2. The number of aromatic nitrogens is 1. The van der Waals surface area contributed by atoms with Crippen molar-refractivity contribution in [3.63, 3.8) is 0 Å². The minimum absolute atomic E-state index is 0.801. The molecule has 0 amide bonds. The van der Waals surface area contributed by atoms with E-state index in [0.717, 1.165) is 31.4 Å². The molecule has 2 heterocycles. The Labute approximate surface area is 129 Å². The summed E-state index contributed by atoms with van der Waals surface area (Å²) in [7, 11) is 4.39. The summed E-state index contributed by atoms with van der Waals surface area (Å²) in [6, 6.07) is 4.33. The molecule has 1 saturated heterocycles. The second kappa shape index (κ2) is 8.35. The molecule has 0 aromatic carbocycles. The number of rotatable bonds is 7. The van der Waals surface area contributed by atoms with Crippen LogP contribution in [-0.4, -0.2) is 50.2 Å². The average molecular weight is 290 g/mol. The molecule has 1 aromatic heterocycles. The number of hydrogen-bond donors (Lipinski definition) is 1. The largest absolute Gasteiger partial charge is 0.359 e. The monoisotopic (exact) mass is 290 g/mol. The fourth-order valence-corrected chi connectivity index (χ4v) is 2.91. The average Bonchev–Trinajstić information content (AvgIpc) is 2.50. The van der Waals surface area contributed by atoms with Crippen molar-refractivity contribution >= 4 is 5.82 Å². The first-order valence-electron chi connectivity index (χ1n) is 8.24. The van der Waals surface area contributed by atoms with Crippen LogP contribution in [0.15, 0.2) is 18.3 Å². The summed E-state index contributed by atoms with van der Waals surface area (Å²) in [6.45, 7) is 7.78. The van der Waals surface area contributed by atoms with Gasteiger partial charge in [0.15, 0.2) is 0 Å². The molecule has 21 heavy (non-hydrogen) atoms. The summed E-state index contributed by atoms with van der Waals surface area (Å²) in [5.41, 5.74) is 1.32. The van der Waals surface area contributed by atoms with E-state index in [0.29, 0.717) is 0 Å². The van der Waals surface area contributed by atoms with Crippen LogP contribution in [0.3, 0.4) is 0 Å². The Bertz CT molecular complexity index is 413. The van der Waals surface area contributed by atoms with Gasteiger partial charge in [-0.25, -0.2) is 4.98 Å². The quantitative estimate of drug-likeness (QED) is 0.781. The van der Waals surface area contributed by atoms with Gasteiger partial charge in [0.25, 0.3) is 0 Å². The zero-order valence-corrected chi connectivity index (χ0v) is 13.8. The van der Waals surface area contributed by atoms with Gasteiger partial charge in [0.1, 0.15) is 5.82 Å². The Morgan fingerprint density at radius 3 is 2.86 bits per heavy atom. The lowest BCUT2D eigenvalue weighted by Crippen LogP contribution is -2.36. The highest BCUT2D eigenvalue weighted by Gasteiger charge is 2.18. The van der Waals surface area contributed by atoms with Crippen LogP contribution >= 0.6 is 0 Å². The van der Waals surface area contributed by atoms with Crippen LogP contribution in [0.25, 0.3) is 0 Å². The van der Waals surface area contributed by atoms with Gasteiger partial charge in [0, 0.05) is 26.3 Å². The Kier molecular flexibility index (Phi) is 6.46. The number of anilines is 1. The van der Waals surface area contributed by atoms with Gasteiger partial charge in [0.05, 0.1) is 0 Å². The fraction of sp³-hybridized carbons (Fsp3) is 0.706. The van der Waals surface area contributed by atoms with Gasteiger partial charge in [-0.2, -0.15) is 0 Å². The minimum Gasteiger partial charge on any atom is -0.359 e. The van der Waals surface area contributed by atoms with Crippen molar-refractivity contribution in [2.75, 3.05) is 45.2 Å². The highest BCUT2D eigenvalue weighted by molar-refractivity contribution is 5.40. The van der Waals surface area contributed by atoms with Gasteiger partial charge >= 0.3 is 0 Å². The lowest BCUT2D eigenvalue weighted by atomic mass is 9.97. The molecule has 0 bridgehead atoms. The third kappa shape index (κ3) is 5.29. The van der Waals surface area contributed by atoms with E-state index in [1.807, 2.05) is 6.20 Å². The summed E-state index contributed by atoms with van der Waals surface area (Å²) >= 11 is 0. The lowest BCUT2D eigenvalue weighted by Gasteiger charge is -2.32. The Balaban J connectivity index is 1.86. The van der Waals surface area contributed by atoms with Crippen molar-refractivity contribution in [3.05, 3.63) is 23.9 Å². The van der Waals surface area contributed by atoms with Crippen LogP contribution in [-0.2, 0) is 6.54 Å². The SMILES string of the molecule is CCCNCc1ccnc(N(C)CC2CCN(C)CC2)c1. The van der Waals surface area contributed by atoms with Gasteiger partial charge in [-0.15, -0.1) is 0 Å². The van der Waals surface area contributed by atoms with Crippen molar-refractivity contribution in [1.29, 1.82) is 0 Å². The van der Waals surface area contributed by atoms with Crippen LogP contribution < -0.4 is 10.2 Å². The molecule has 118 valence electrons. The molecular formula is C17H30N4. The van der Waals surface area contributed by atoms with E-state index in [2.05, 4.69) is 53.3 Å². The van der Waals surface area contributed by atoms with Crippen molar-refractivity contribution in [3.8, 4) is 0 Å². The Hall–Kier alpha value is -1.13. The third-order valence-corrected chi connectivity index (χ3v) is 4.33. The van der Waals surface area contributed by atoms with Crippen LogP contribution in [0.1, 0.15) is 31.7 Å². The molecule has 1 N–H and O–H groups in total. The molecule has 0 aliphatic carbocycles. The van der Waals surface area contributed by atoms with E-state index in [1.54, 1.807) is 0 Å². The molecule has 1 aromatic rings. The Morgan fingerprint density at radius 1 is 1.38 bits per heavy atom. The molecule has 1 aliphatic heterocycles. The van der Waals surface area contributed by atoms with Gasteiger partial charge < -0.3 is 15.1 Å². The molecular weight excluding hydrogens is 260 g/mol. The summed E-state index contributed by atoms with van der Waals surface area (Å²) in [5, 5.41) is 3.45. The van der Waals surface area contributed by atoms with E-state index in [1.165, 1.54) is 37.9 Å². The molecule has 0 unspecified atom stereocenters. The van der Waals surface area contributed by atoms with Crippen LogP contribution in [0.4, 0.5) is 5.82 Å². The number of pyridine rings is 1. The first-order valence-corrected chi connectivity index (χ1v) is 8.24. The molecule has 4 nitrogen and oxygen atoms in total. The van der Waals surface area contributed by atoms with Crippen LogP contribution in [0.5, 0.6) is 0 Å². The summed E-state index contributed by atoms with van der Waals surface area (Å²) in [4.78, 5) is 9.28. The van der Waals surface area contributed by atoms with E-state index in [-0.39, 0.29) is 0 Å². The molecule has 1 aliphatic rings. The second-order valence-corrected chi connectivity index (χ2v) is 6.33. The van der Waals surface area contributed by atoms with E-state index in [4.69, 9.17) is 0 Å². The smallest absolute Gasteiger partial charge is 0.128 e. The molecule has 0 atom stereocenters. The third-order valence-electron chi connectivity index (χ3n) is 4.33. The normalized spacial score (nSPS) is 17.1. The van der Waals surface area contributed by atoms with Crippen molar-refractivity contribution in [2.24, 2.45) is 5.92 Å². The number of hydrogen-bond acceptors (Lipinski definition) is 4. The maximum atomic E-state index is 4.54. The summed E-state index contributed by atoms with van der Waals surface area (Å²) in [6.07, 6.45) is 5.72. The molecule has 0 radical (unpaired) electrons. The predicted octanol–water partition coefficient (Wildman–Crippen LogP) is 2.36. The van der Waals surface area contributed by atoms with Gasteiger partial charge in [-0.1, -0.05) is 6.92 Å². The molecule has 2 rings (SSSR count). The molecule has 0 saturated carbocycles. The van der Waals surface area contributed by atoms with Gasteiger partial charge in [-0.05, 0) is 69.6 Å². The lowest BCUT2D eigenvalue weighted by molar-refractivity contribution is 0.222. The van der Waals surface area contributed by atoms with Crippen LogP contribution in [0, 0.1) is 5.92 Å². The summed E-state index contributed by atoms with van der Waals surface area (Å²) in [5.74, 6) is 1.90. The molecule has 1 fully saturated rings. The van der Waals surface area contributed by atoms with Crippen molar-refractivity contribution < 1.29 is 0 Å². The fourth-order valence-electron chi connectivity index (χ4n) is 2.91. The van der Waals surface area contributed by atoms with E-state index < -0.39 is 0 Å². The number of nitrogens with zero attached hydrogens (tertiary/aromatic N) is 3. The molecule has 0 spiro atoms. The minimum atomic E-state index is 0.801. The number of nitrogens with one attached hydrogen (secondary N) is 1. The van der Waals surface area contributed by atoms with E-state index >= 15 is 0 Å². The predicted molar refractivity (Wildman–Crippen MR) is 89.7 cm³/mol.